The molecule has 2 heteroatoms. The van der Waals surface area contributed by atoms with E-state index in [1.54, 1.807) is 0 Å². The molecule has 1 rings (SSSR count). The van der Waals surface area contributed by atoms with Crippen LogP contribution in [0.4, 0.5) is 0 Å². The molecule has 0 amide bonds. The first-order valence-corrected chi connectivity index (χ1v) is 3.32. The first-order valence-electron chi connectivity index (χ1n) is 3.32. The van der Waals surface area contributed by atoms with Crippen molar-refractivity contribution in [2.75, 3.05) is 7.05 Å². The smallest absolute Gasteiger partial charge is 0 e. The van der Waals surface area contributed by atoms with Crippen molar-refractivity contribution in [2.24, 2.45) is 0 Å². The summed E-state index contributed by atoms with van der Waals surface area (Å²) in [6, 6.07) is 0. The van der Waals surface area contributed by atoms with E-state index < -0.39 is 0 Å². The average Bonchev–Trinajstić information content (AvgIpc) is 1.82. The summed E-state index contributed by atoms with van der Waals surface area (Å²) in [4.78, 5) is 1.93. The molecule has 57 valence electrons. The summed E-state index contributed by atoms with van der Waals surface area (Å²) in [5.41, 5.74) is 3.44. The van der Waals surface area contributed by atoms with Crippen LogP contribution in [0.25, 0.3) is 0 Å². The summed E-state index contributed by atoms with van der Waals surface area (Å²) in [6.07, 6.45) is 5.16. The minimum atomic E-state index is 0. The van der Waals surface area contributed by atoms with E-state index >= 15 is 0 Å². The van der Waals surface area contributed by atoms with Crippen molar-refractivity contribution in [2.45, 2.75) is 13.8 Å². The van der Waals surface area contributed by atoms with Gasteiger partial charge in [-0.25, -0.2) is 0 Å². The second kappa shape index (κ2) is 4.22. The molecule has 0 bridgehead atoms. The minimum absolute atomic E-state index is 0. The fourth-order valence-electron chi connectivity index (χ4n) is 1.03. The van der Waals surface area contributed by atoms with Crippen LogP contribution >= 0.6 is 0 Å². The average molecular weight is 223 g/mol. The fourth-order valence-corrected chi connectivity index (χ4v) is 1.03. The molecular formula is C9H12NY-. The van der Waals surface area contributed by atoms with Crippen molar-refractivity contribution >= 4 is 0 Å². The van der Waals surface area contributed by atoms with Gasteiger partial charge in [-0.3, -0.25) is 0 Å². The third-order valence-electron chi connectivity index (χ3n) is 1.66. The van der Waals surface area contributed by atoms with Crippen molar-refractivity contribution in [3.05, 3.63) is 35.7 Å². The number of allylic oxidation sites excluding steroid dienone is 3. The summed E-state index contributed by atoms with van der Waals surface area (Å²) in [5.74, 6) is 0. The number of nitrogens with zero attached hydrogens (tertiary/aromatic N) is 1. The van der Waals surface area contributed by atoms with E-state index in [4.69, 9.17) is 0 Å². The third-order valence-corrected chi connectivity index (χ3v) is 1.66. The van der Waals surface area contributed by atoms with Crippen molar-refractivity contribution in [1.29, 1.82) is 0 Å². The van der Waals surface area contributed by atoms with Crippen LogP contribution in [-0.2, 0) is 32.7 Å². The Hall–Kier alpha value is 0.124. The molecule has 1 heterocycles. The van der Waals surface area contributed by atoms with Crippen molar-refractivity contribution in [3.8, 4) is 0 Å². The summed E-state index contributed by atoms with van der Waals surface area (Å²) in [7, 11) is 1.97. The SMILES string of the molecule is C=C1C(C)=[C-]N(C)C=C1C.[Y]. The van der Waals surface area contributed by atoms with Gasteiger partial charge in [-0.2, -0.15) is 0 Å². The Labute approximate surface area is 93.7 Å². The largest absolute Gasteiger partial charge is 0.463 e. The summed E-state index contributed by atoms with van der Waals surface area (Å²) in [6.45, 7) is 8.00. The maximum absolute atomic E-state index is 3.92. The molecule has 0 aromatic rings. The maximum Gasteiger partial charge on any atom is 0 e. The van der Waals surface area contributed by atoms with Crippen LogP contribution in [0.3, 0.4) is 0 Å². The molecule has 1 aliphatic rings. The quantitative estimate of drug-likeness (QED) is 0.568. The van der Waals surface area contributed by atoms with Gasteiger partial charge < -0.3 is 4.90 Å². The zero-order valence-electron chi connectivity index (χ0n) is 7.31. The Morgan fingerprint density at radius 1 is 1.45 bits per heavy atom. The van der Waals surface area contributed by atoms with Crippen LogP contribution in [0.15, 0.2) is 29.5 Å². The maximum atomic E-state index is 3.92. The van der Waals surface area contributed by atoms with E-state index in [-0.39, 0.29) is 32.7 Å². The van der Waals surface area contributed by atoms with Crippen LogP contribution in [0.5, 0.6) is 0 Å². The van der Waals surface area contributed by atoms with Crippen LogP contribution in [0.2, 0.25) is 0 Å². The third kappa shape index (κ3) is 2.57. The van der Waals surface area contributed by atoms with Gasteiger partial charge in [0.15, 0.2) is 0 Å². The van der Waals surface area contributed by atoms with Gasteiger partial charge in [0, 0.05) is 32.7 Å². The molecule has 0 saturated heterocycles. The molecule has 0 atom stereocenters. The van der Waals surface area contributed by atoms with Gasteiger partial charge in [0.05, 0.1) is 0 Å². The Morgan fingerprint density at radius 2 is 2.00 bits per heavy atom. The van der Waals surface area contributed by atoms with Gasteiger partial charge in [0.25, 0.3) is 0 Å². The van der Waals surface area contributed by atoms with Crippen LogP contribution in [0, 0.1) is 6.20 Å². The van der Waals surface area contributed by atoms with Crippen LogP contribution < -0.4 is 0 Å². The molecule has 0 saturated carbocycles. The van der Waals surface area contributed by atoms with E-state index in [2.05, 4.69) is 19.7 Å². The van der Waals surface area contributed by atoms with Crippen molar-refractivity contribution in [3.63, 3.8) is 0 Å². The van der Waals surface area contributed by atoms with Crippen LogP contribution in [0.1, 0.15) is 13.8 Å². The predicted octanol–water partition coefficient (Wildman–Crippen LogP) is 2.10. The number of rotatable bonds is 0. The summed E-state index contributed by atoms with van der Waals surface area (Å²) in [5, 5.41) is 0. The number of hydrogen-bond acceptors (Lipinski definition) is 1. The predicted molar refractivity (Wildman–Crippen MR) is 43.1 cm³/mol. The van der Waals surface area contributed by atoms with Gasteiger partial charge in [-0.15, -0.1) is 35.7 Å². The summed E-state index contributed by atoms with van der Waals surface area (Å²) >= 11 is 0. The number of hydrogen-bond donors (Lipinski definition) is 0. The van der Waals surface area contributed by atoms with Crippen molar-refractivity contribution < 1.29 is 32.7 Å². The molecule has 0 unspecified atom stereocenters. The first-order chi connectivity index (χ1) is 4.61. The fraction of sp³-hybridized carbons (Fsp3) is 0.333. The molecule has 11 heavy (non-hydrogen) atoms. The minimum Gasteiger partial charge on any atom is -0.463 e. The molecule has 1 aliphatic heterocycles. The Morgan fingerprint density at radius 3 is 2.45 bits per heavy atom. The Kier molecular flexibility index (Phi) is 4.27. The van der Waals surface area contributed by atoms with E-state index in [9.17, 15) is 0 Å². The van der Waals surface area contributed by atoms with Crippen LogP contribution in [-0.4, -0.2) is 11.9 Å². The van der Waals surface area contributed by atoms with E-state index in [1.807, 2.05) is 25.1 Å². The normalized spacial score (nSPS) is 17.0. The van der Waals surface area contributed by atoms with E-state index in [0.717, 1.165) is 11.1 Å². The molecular weight excluding hydrogens is 211 g/mol. The molecule has 1 nitrogen and oxygen atoms in total. The molecule has 0 fully saturated rings. The van der Waals surface area contributed by atoms with E-state index in [1.165, 1.54) is 5.57 Å². The zero-order chi connectivity index (χ0) is 7.72. The zero-order valence-corrected chi connectivity index (χ0v) is 10.1. The molecule has 1 radical (unpaired) electrons. The molecule has 0 N–H and O–H groups in total. The second-order valence-corrected chi connectivity index (χ2v) is 2.64. The van der Waals surface area contributed by atoms with Gasteiger partial charge in [-0.05, 0) is 7.05 Å². The molecule has 0 aromatic heterocycles. The topological polar surface area (TPSA) is 3.24 Å². The van der Waals surface area contributed by atoms with Gasteiger partial charge in [0.1, 0.15) is 0 Å². The van der Waals surface area contributed by atoms with Gasteiger partial charge in [0.2, 0.25) is 0 Å². The second-order valence-electron chi connectivity index (χ2n) is 2.64. The monoisotopic (exact) mass is 223 g/mol. The van der Waals surface area contributed by atoms with Gasteiger partial charge in [-0.1, -0.05) is 13.8 Å². The first kappa shape index (κ1) is 11.1. The summed E-state index contributed by atoms with van der Waals surface area (Å²) < 4.78 is 0. The Balaban J connectivity index is 0.000001000. The van der Waals surface area contributed by atoms with Crippen molar-refractivity contribution in [1.82, 2.24) is 4.90 Å². The van der Waals surface area contributed by atoms with E-state index in [0.29, 0.717) is 0 Å². The van der Waals surface area contributed by atoms with Gasteiger partial charge >= 0.3 is 0 Å². The Bertz CT molecular complexity index is 204. The standard InChI is InChI=1S/C9H12N.Y/c1-7-5-10(4)6-8(2)9(7)3;/h5H,3H2,1-2,4H3;/q-1;. The molecule has 0 aliphatic carbocycles. The molecule has 0 aromatic carbocycles. The molecule has 0 spiro atoms.